The Balaban J connectivity index is 1.64. The van der Waals surface area contributed by atoms with E-state index in [0.29, 0.717) is 6.54 Å². The second-order valence-electron chi connectivity index (χ2n) is 10.4. The Bertz CT molecular complexity index is 1350. The summed E-state index contributed by atoms with van der Waals surface area (Å²) in [5, 5.41) is 4.29. The lowest BCUT2D eigenvalue weighted by atomic mass is 9.92. The first-order chi connectivity index (χ1) is 18.0. The van der Waals surface area contributed by atoms with Gasteiger partial charge in [-0.3, -0.25) is 9.69 Å². The average molecular weight is 493 g/mol. The van der Waals surface area contributed by atoms with Gasteiger partial charge in [-0.15, -0.1) is 0 Å². The van der Waals surface area contributed by atoms with E-state index in [1.807, 2.05) is 60.7 Å². The zero-order chi connectivity index (χ0) is 25.8. The van der Waals surface area contributed by atoms with E-state index in [1.54, 1.807) is 0 Å². The number of likely N-dealkylation sites (tertiary alicyclic amines) is 1. The van der Waals surface area contributed by atoms with Gasteiger partial charge in [0.1, 0.15) is 0 Å². The Morgan fingerprint density at radius 1 is 0.946 bits per heavy atom. The third-order valence-electron chi connectivity index (χ3n) is 7.39. The second-order valence-corrected chi connectivity index (χ2v) is 10.4. The topological polar surface area (TPSA) is 71.2 Å². The van der Waals surface area contributed by atoms with E-state index in [0.717, 1.165) is 64.8 Å². The summed E-state index contributed by atoms with van der Waals surface area (Å²) in [5.41, 5.74) is 11.7. The van der Waals surface area contributed by atoms with Gasteiger partial charge in [-0.1, -0.05) is 92.7 Å². The third kappa shape index (κ3) is 5.58. The first kappa shape index (κ1) is 25.1. The Hall–Kier alpha value is -3.54. The number of benzene rings is 3. The summed E-state index contributed by atoms with van der Waals surface area (Å²) in [6, 6.07) is 28.6. The number of piperidine rings is 1. The molecule has 5 nitrogen and oxygen atoms in total. The molecule has 1 saturated heterocycles. The summed E-state index contributed by atoms with van der Waals surface area (Å²) in [7, 11) is 0. The fraction of sp³-hybridized carbons (Fsp3) is 0.312. The quantitative estimate of drug-likeness (QED) is 0.334. The number of nitrogens with zero attached hydrogens (tertiary/aromatic N) is 2. The highest BCUT2D eigenvalue weighted by atomic mass is 16.1. The highest BCUT2D eigenvalue weighted by Crippen LogP contribution is 2.33. The molecular formula is C32H36N4O. The van der Waals surface area contributed by atoms with Crippen LogP contribution in [0.25, 0.3) is 22.2 Å². The standard InChI is InChI=1S/C32H36N4O/c1-22(2)30(23-11-5-3-6-12-23)35-32(37)29-26-15-9-10-16-28(26)34-31(24-13-7-4-8-14-24)27(29)21-36-19-17-25(33)18-20-36/h3-16,22,25,30H,17-21,33H2,1-2H3,(H,35,37). The SMILES string of the molecule is CC(C)C(NC(=O)c1c(CN2CCC(N)CC2)c(-c2ccccc2)nc2ccccc12)c1ccccc1. The maximum Gasteiger partial charge on any atom is 0.252 e. The first-order valence-corrected chi connectivity index (χ1v) is 13.3. The zero-order valence-corrected chi connectivity index (χ0v) is 21.7. The van der Waals surface area contributed by atoms with Crippen molar-refractivity contribution in [1.29, 1.82) is 0 Å². The normalized spacial score (nSPS) is 15.7. The molecule has 1 aliphatic rings. The van der Waals surface area contributed by atoms with Crippen molar-refractivity contribution in [3.8, 4) is 11.3 Å². The largest absolute Gasteiger partial charge is 0.345 e. The molecule has 5 rings (SSSR count). The van der Waals surface area contributed by atoms with E-state index in [9.17, 15) is 4.79 Å². The summed E-state index contributed by atoms with van der Waals surface area (Å²) in [6.07, 6.45) is 1.93. The number of hydrogen-bond donors (Lipinski definition) is 2. The Kier molecular flexibility index (Phi) is 7.63. The van der Waals surface area contributed by atoms with Crippen LogP contribution in [0.3, 0.4) is 0 Å². The first-order valence-electron chi connectivity index (χ1n) is 13.3. The molecule has 1 unspecified atom stereocenters. The van der Waals surface area contributed by atoms with E-state index >= 15 is 0 Å². The molecule has 4 aromatic rings. The number of carbonyl (C=O) groups is 1. The highest BCUT2D eigenvalue weighted by molar-refractivity contribution is 6.09. The van der Waals surface area contributed by atoms with Gasteiger partial charge in [0.05, 0.1) is 22.8 Å². The van der Waals surface area contributed by atoms with Crippen LogP contribution in [0.1, 0.15) is 54.2 Å². The van der Waals surface area contributed by atoms with Crippen LogP contribution in [-0.2, 0) is 6.54 Å². The number of amides is 1. The van der Waals surface area contributed by atoms with E-state index in [2.05, 4.69) is 48.3 Å². The van der Waals surface area contributed by atoms with Gasteiger partial charge in [-0.25, -0.2) is 4.98 Å². The molecule has 1 amide bonds. The Morgan fingerprint density at radius 3 is 2.24 bits per heavy atom. The van der Waals surface area contributed by atoms with Crippen molar-refractivity contribution in [2.75, 3.05) is 13.1 Å². The monoisotopic (exact) mass is 492 g/mol. The van der Waals surface area contributed by atoms with Crippen LogP contribution < -0.4 is 11.1 Å². The van der Waals surface area contributed by atoms with E-state index in [1.165, 1.54) is 0 Å². The Morgan fingerprint density at radius 2 is 1.57 bits per heavy atom. The minimum absolute atomic E-state index is 0.0537. The van der Waals surface area contributed by atoms with Crippen molar-refractivity contribution in [3.63, 3.8) is 0 Å². The summed E-state index contributed by atoms with van der Waals surface area (Å²) < 4.78 is 0. The molecule has 1 aromatic heterocycles. The lowest BCUT2D eigenvalue weighted by Crippen LogP contribution is -2.40. The lowest BCUT2D eigenvalue weighted by Gasteiger charge is -2.31. The maximum absolute atomic E-state index is 14.3. The highest BCUT2D eigenvalue weighted by Gasteiger charge is 2.27. The van der Waals surface area contributed by atoms with Gasteiger partial charge < -0.3 is 11.1 Å². The minimum Gasteiger partial charge on any atom is -0.345 e. The molecule has 3 aromatic carbocycles. The van der Waals surface area contributed by atoms with Crippen molar-refractivity contribution in [3.05, 3.63) is 102 Å². The van der Waals surface area contributed by atoms with Gasteiger partial charge in [0, 0.05) is 29.1 Å². The summed E-state index contributed by atoms with van der Waals surface area (Å²) in [4.78, 5) is 21.8. The lowest BCUT2D eigenvalue weighted by molar-refractivity contribution is 0.0924. The number of rotatable bonds is 7. The van der Waals surface area contributed by atoms with Gasteiger partial charge in [0.15, 0.2) is 0 Å². The predicted molar refractivity (Wildman–Crippen MR) is 151 cm³/mol. The zero-order valence-electron chi connectivity index (χ0n) is 21.7. The van der Waals surface area contributed by atoms with Gasteiger partial charge in [-0.2, -0.15) is 0 Å². The van der Waals surface area contributed by atoms with Crippen molar-refractivity contribution >= 4 is 16.8 Å². The van der Waals surface area contributed by atoms with Gasteiger partial charge in [0.25, 0.3) is 5.91 Å². The molecule has 1 atom stereocenters. The fourth-order valence-corrected chi connectivity index (χ4v) is 5.34. The molecule has 190 valence electrons. The molecule has 0 bridgehead atoms. The van der Waals surface area contributed by atoms with E-state index in [-0.39, 0.29) is 23.9 Å². The van der Waals surface area contributed by atoms with Crippen LogP contribution >= 0.6 is 0 Å². The van der Waals surface area contributed by atoms with Gasteiger partial charge in [-0.05, 0) is 43.5 Å². The van der Waals surface area contributed by atoms with Crippen LogP contribution in [0.2, 0.25) is 0 Å². The van der Waals surface area contributed by atoms with Crippen molar-refractivity contribution < 1.29 is 4.79 Å². The number of nitrogens with two attached hydrogens (primary N) is 1. The molecular weight excluding hydrogens is 456 g/mol. The van der Waals surface area contributed by atoms with Crippen LogP contribution in [0.5, 0.6) is 0 Å². The fourth-order valence-electron chi connectivity index (χ4n) is 5.34. The van der Waals surface area contributed by atoms with Gasteiger partial charge >= 0.3 is 0 Å². The number of carbonyl (C=O) groups excluding carboxylic acids is 1. The molecule has 1 aliphatic heterocycles. The molecule has 5 heteroatoms. The van der Waals surface area contributed by atoms with Crippen molar-refractivity contribution in [1.82, 2.24) is 15.2 Å². The summed E-state index contributed by atoms with van der Waals surface area (Å²) in [5.74, 6) is 0.183. The smallest absolute Gasteiger partial charge is 0.252 e. The summed E-state index contributed by atoms with van der Waals surface area (Å²) >= 11 is 0. The number of pyridine rings is 1. The number of nitrogens with one attached hydrogen (secondary N) is 1. The van der Waals surface area contributed by atoms with Crippen molar-refractivity contribution in [2.24, 2.45) is 11.7 Å². The molecule has 3 N–H and O–H groups in total. The van der Waals surface area contributed by atoms with Crippen LogP contribution in [0.15, 0.2) is 84.9 Å². The Labute approximate surface area is 219 Å². The third-order valence-corrected chi connectivity index (χ3v) is 7.39. The minimum atomic E-state index is -0.0957. The van der Waals surface area contributed by atoms with Gasteiger partial charge in [0.2, 0.25) is 0 Å². The molecule has 1 fully saturated rings. The molecule has 0 radical (unpaired) electrons. The number of hydrogen-bond acceptors (Lipinski definition) is 4. The van der Waals surface area contributed by atoms with Crippen LogP contribution in [0, 0.1) is 5.92 Å². The average Bonchev–Trinajstić information content (AvgIpc) is 2.93. The molecule has 0 saturated carbocycles. The number of aromatic nitrogens is 1. The van der Waals surface area contributed by atoms with E-state index in [4.69, 9.17) is 10.7 Å². The van der Waals surface area contributed by atoms with Crippen LogP contribution in [0.4, 0.5) is 0 Å². The molecule has 2 heterocycles. The number of para-hydroxylation sites is 1. The van der Waals surface area contributed by atoms with Crippen molar-refractivity contribution in [2.45, 2.75) is 45.3 Å². The molecule has 0 aliphatic carbocycles. The maximum atomic E-state index is 14.3. The molecule has 0 spiro atoms. The predicted octanol–water partition coefficient (Wildman–Crippen LogP) is 5.95. The molecule has 37 heavy (non-hydrogen) atoms. The second kappa shape index (κ2) is 11.2. The number of fused-ring (bicyclic) bond motifs is 1. The summed E-state index contributed by atoms with van der Waals surface area (Å²) in [6.45, 7) is 6.80. The van der Waals surface area contributed by atoms with E-state index < -0.39 is 0 Å². The van der Waals surface area contributed by atoms with Crippen LogP contribution in [-0.4, -0.2) is 34.9 Å².